The zero-order chi connectivity index (χ0) is 12.4. The molecule has 1 aromatic carbocycles. The Labute approximate surface area is 107 Å². The maximum atomic E-state index is 5.94. The van der Waals surface area contributed by atoms with Gasteiger partial charge in [-0.25, -0.2) is 0 Å². The van der Waals surface area contributed by atoms with Crippen LogP contribution in [0.25, 0.3) is 10.8 Å². The first-order chi connectivity index (χ1) is 8.83. The lowest BCUT2D eigenvalue weighted by Gasteiger charge is -2.28. The molecular weight excluding hydrogens is 222 g/mol. The molecule has 18 heavy (non-hydrogen) atoms. The number of pyridine rings is 1. The third-order valence-corrected chi connectivity index (χ3v) is 3.82. The first kappa shape index (κ1) is 11.5. The van der Waals surface area contributed by atoms with Crippen LogP contribution in [0.1, 0.15) is 25.7 Å². The predicted octanol–water partition coefficient (Wildman–Crippen LogP) is 2.92. The number of nitrogens with two attached hydrogens (primary N) is 1. The van der Waals surface area contributed by atoms with Crippen molar-refractivity contribution in [2.24, 2.45) is 5.73 Å². The van der Waals surface area contributed by atoms with E-state index in [2.05, 4.69) is 34.6 Å². The van der Waals surface area contributed by atoms with E-state index in [1.54, 1.807) is 0 Å². The summed E-state index contributed by atoms with van der Waals surface area (Å²) in [6, 6.07) is 9.36. The Balaban J connectivity index is 1.82. The Hall–Kier alpha value is -1.61. The zero-order valence-corrected chi connectivity index (χ0v) is 10.5. The highest BCUT2D eigenvalue weighted by atomic mass is 14.9. The molecule has 0 atom stereocenters. The molecule has 0 bridgehead atoms. The van der Waals surface area contributed by atoms with Gasteiger partial charge in [-0.3, -0.25) is 4.98 Å². The van der Waals surface area contributed by atoms with E-state index in [1.165, 1.54) is 16.5 Å². The lowest BCUT2D eigenvalue weighted by atomic mass is 9.91. The van der Waals surface area contributed by atoms with E-state index >= 15 is 0 Å². The zero-order valence-electron chi connectivity index (χ0n) is 10.5. The minimum atomic E-state index is 0.400. The highest BCUT2D eigenvalue weighted by Gasteiger charge is 2.18. The van der Waals surface area contributed by atoms with Crippen LogP contribution in [-0.2, 0) is 0 Å². The van der Waals surface area contributed by atoms with Crippen molar-refractivity contribution < 1.29 is 0 Å². The Kier molecular flexibility index (Phi) is 3.15. The smallest absolute Gasteiger partial charge is 0.0437 e. The van der Waals surface area contributed by atoms with E-state index in [1.807, 2.05) is 12.4 Å². The second kappa shape index (κ2) is 4.94. The van der Waals surface area contributed by atoms with Crippen LogP contribution in [0.2, 0.25) is 0 Å². The summed E-state index contributed by atoms with van der Waals surface area (Å²) in [6.07, 6.45) is 8.36. The van der Waals surface area contributed by atoms with Crippen LogP contribution in [-0.4, -0.2) is 17.1 Å². The van der Waals surface area contributed by atoms with Crippen molar-refractivity contribution in [3.63, 3.8) is 0 Å². The molecule has 0 radical (unpaired) electrons. The van der Waals surface area contributed by atoms with E-state index in [-0.39, 0.29) is 0 Å². The number of fused-ring (bicyclic) bond motifs is 1. The normalized spacial score (nSPS) is 24.1. The number of anilines is 1. The fraction of sp³-hybridized carbons (Fsp3) is 0.400. The number of nitrogens with one attached hydrogen (secondary N) is 1. The first-order valence-electron chi connectivity index (χ1n) is 6.68. The lowest BCUT2D eigenvalue weighted by Crippen LogP contribution is -2.32. The van der Waals surface area contributed by atoms with Crippen LogP contribution in [0.4, 0.5) is 5.69 Å². The molecule has 3 heteroatoms. The number of hydrogen-bond acceptors (Lipinski definition) is 3. The van der Waals surface area contributed by atoms with Crippen molar-refractivity contribution in [2.45, 2.75) is 37.8 Å². The van der Waals surface area contributed by atoms with Gasteiger partial charge in [-0.05, 0) is 43.2 Å². The van der Waals surface area contributed by atoms with Crippen molar-refractivity contribution in [2.75, 3.05) is 5.32 Å². The molecule has 1 saturated carbocycles. The van der Waals surface area contributed by atoms with Gasteiger partial charge in [0.25, 0.3) is 0 Å². The quantitative estimate of drug-likeness (QED) is 0.850. The number of rotatable bonds is 2. The van der Waals surface area contributed by atoms with Gasteiger partial charge in [-0.1, -0.05) is 12.1 Å². The van der Waals surface area contributed by atoms with Crippen LogP contribution in [0.5, 0.6) is 0 Å². The summed E-state index contributed by atoms with van der Waals surface area (Å²) < 4.78 is 0. The van der Waals surface area contributed by atoms with Gasteiger partial charge in [-0.15, -0.1) is 0 Å². The van der Waals surface area contributed by atoms with Gasteiger partial charge in [0.1, 0.15) is 0 Å². The minimum Gasteiger partial charge on any atom is -0.382 e. The Morgan fingerprint density at radius 3 is 2.78 bits per heavy atom. The predicted molar refractivity (Wildman–Crippen MR) is 75.6 cm³/mol. The summed E-state index contributed by atoms with van der Waals surface area (Å²) in [6.45, 7) is 0. The van der Waals surface area contributed by atoms with Gasteiger partial charge in [-0.2, -0.15) is 0 Å². The van der Waals surface area contributed by atoms with E-state index < -0.39 is 0 Å². The molecule has 0 amide bonds. The Morgan fingerprint density at radius 2 is 1.94 bits per heavy atom. The third-order valence-electron chi connectivity index (χ3n) is 3.82. The molecule has 0 aliphatic heterocycles. The van der Waals surface area contributed by atoms with Gasteiger partial charge < -0.3 is 11.1 Å². The average molecular weight is 241 g/mol. The van der Waals surface area contributed by atoms with Gasteiger partial charge in [0, 0.05) is 35.6 Å². The topological polar surface area (TPSA) is 50.9 Å². The molecule has 0 saturated heterocycles. The maximum absolute atomic E-state index is 5.94. The summed E-state index contributed by atoms with van der Waals surface area (Å²) in [5.74, 6) is 0. The molecule has 1 fully saturated rings. The summed E-state index contributed by atoms with van der Waals surface area (Å²) >= 11 is 0. The molecule has 3 N–H and O–H groups in total. The van der Waals surface area contributed by atoms with Crippen molar-refractivity contribution >= 4 is 16.5 Å². The molecule has 0 unspecified atom stereocenters. The number of benzene rings is 1. The van der Waals surface area contributed by atoms with Crippen molar-refractivity contribution in [1.29, 1.82) is 0 Å². The minimum absolute atomic E-state index is 0.400. The molecule has 1 aromatic heterocycles. The van der Waals surface area contributed by atoms with Gasteiger partial charge in [0.15, 0.2) is 0 Å². The van der Waals surface area contributed by atoms with Crippen LogP contribution in [0.3, 0.4) is 0 Å². The standard InChI is InChI=1S/C15H19N3/c16-12-4-6-13(7-5-12)18-15-3-1-2-11-8-9-17-10-14(11)15/h1-3,8-10,12-13,18H,4-7,16H2. The monoisotopic (exact) mass is 241 g/mol. The highest BCUT2D eigenvalue weighted by molar-refractivity contribution is 5.93. The average Bonchev–Trinajstić information content (AvgIpc) is 2.42. The molecular formula is C15H19N3. The van der Waals surface area contributed by atoms with E-state index in [0.29, 0.717) is 12.1 Å². The van der Waals surface area contributed by atoms with Crippen LogP contribution in [0.15, 0.2) is 36.7 Å². The van der Waals surface area contributed by atoms with Crippen molar-refractivity contribution in [3.8, 4) is 0 Å². The second-order valence-corrected chi connectivity index (χ2v) is 5.16. The van der Waals surface area contributed by atoms with Gasteiger partial charge in [0.2, 0.25) is 0 Å². The molecule has 94 valence electrons. The molecule has 0 spiro atoms. The van der Waals surface area contributed by atoms with Crippen LogP contribution < -0.4 is 11.1 Å². The number of nitrogens with zero attached hydrogens (tertiary/aromatic N) is 1. The summed E-state index contributed by atoms with van der Waals surface area (Å²) in [4.78, 5) is 4.22. The number of aromatic nitrogens is 1. The van der Waals surface area contributed by atoms with Gasteiger partial charge in [0.05, 0.1) is 0 Å². The van der Waals surface area contributed by atoms with Crippen molar-refractivity contribution in [1.82, 2.24) is 4.98 Å². The SMILES string of the molecule is NC1CCC(Nc2cccc3ccncc23)CC1. The van der Waals surface area contributed by atoms with Crippen molar-refractivity contribution in [3.05, 3.63) is 36.7 Å². The molecule has 1 heterocycles. The van der Waals surface area contributed by atoms with Gasteiger partial charge >= 0.3 is 0 Å². The van der Waals surface area contributed by atoms with Crippen LogP contribution >= 0.6 is 0 Å². The summed E-state index contributed by atoms with van der Waals surface area (Å²) in [7, 11) is 0. The van der Waals surface area contributed by atoms with E-state index in [0.717, 1.165) is 25.7 Å². The van der Waals surface area contributed by atoms with Crippen LogP contribution in [0, 0.1) is 0 Å². The summed E-state index contributed by atoms with van der Waals surface area (Å²) in [5.41, 5.74) is 7.14. The lowest BCUT2D eigenvalue weighted by molar-refractivity contribution is 0.411. The van der Waals surface area contributed by atoms with E-state index in [4.69, 9.17) is 5.73 Å². The first-order valence-corrected chi connectivity index (χ1v) is 6.68. The fourth-order valence-electron chi connectivity index (χ4n) is 2.72. The molecule has 1 aliphatic carbocycles. The molecule has 3 rings (SSSR count). The Morgan fingerprint density at radius 1 is 1.11 bits per heavy atom. The Bertz CT molecular complexity index is 525. The van der Waals surface area contributed by atoms with E-state index in [9.17, 15) is 0 Å². The highest BCUT2D eigenvalue weighted by Crippen LogP contribution is 2.26. The maximum Gasteiger partial charge on any atom is 0.0437 e. The fourth-order valence-corrected chi connectivity index (χ4v) is 2.72. The largest absolute Gasteiger partial charge is 0.382 e. The summed E-state index contributed by atoms with van der Waals surface area (Å²) in [5, 5.41) is 6.09. The molecule has 2 aromatic rings. The molecule has 3 nitrogen and oxygen atoms in total. The second-order valence-electron chi connectivity index (χ2n) is 5.16. The molecule has 1 aliphatic rings. The number of hydrogen-bond donors (Lipinski definition) is 2. The third kappa shape index (κ3) is 2.31.